The molecule has 0 bridgehead atoms. The molecule has 1 heterocycles. The Morgan fingerprint density at radius 3 is 2.35 bits per heavy atom. The van der Waals surface area contributed by atoms with Gasteiger partial charge in [-0.1, -0.05) is 12.1 Å². The lowest BCUT2D eigenvalue weighted by molar-refractivity contribution is -0.105. The minimum absolute atomic E-state index is 0.160. The molecule has 0 saturated carbocycles. The van der Waals surface area contributed by atoms with Crippen molar-refractivity contribution < 1.29 is 14.3 Å². The molecule has 3 N–H and O–H groups in total. The fraction of sp³-hybridized carbons (Fsp3) is 0.529. The van der Waals surface area contributed by atoms with E-state index in [9.17, 15) is 9.59 Å². The van der Waals surface area contributed by atoms with E-state index >= 15 is 0 Å². The molecule has 6 nitrogen and oxygen atoms in total. The Hall–Kier alpha value is -2.24. The van der Waals surface area contributed by atoms with Gasteiger partial charge in [0.1, 0.15) is 5.60 Å². The molecule has 6 heteroatoms. The number of amides is 2. The second-order valence-corrected chi connectivity index (χ2v) is 6.38. The van der Waals surface area contributed by atoms with Gasteiger partial charge in [0.05, 0.1) is 11.4 Å². The van der Waals surface area contributed by atoms with E-state index < -0.39 is 0 Å². The van der Waals surface area contributed by atoms with Gasteiger partial charge in [-0.25, -0.2) is 4.79 Å². The number of nitrogen functional groups attached to an aromatic ring is 1. The first-order valence-corrected chi connectivity index (χ1v) is 7.86. The van der Waals surface area contributed by atoms with Crippen LogP contribution in [-0.4, -0.2) is 36.1 Å². The molecule has 2 amide bonds. The first-order chi connectivity index (χ1) is 10.8. The summed E-state index contributed by atoms with van der Waals surface area (Å²) in [6.45, 7) is 7.41. The normalized spacial score (nSPS) is 14.3. The van der Waals surface area contributed by atoms with Crippen molar-refractivity contribution in [1.82, 2.24) is 4.90 Å². The Balaban J connectivity index is 0.000000238. The van der Waals surface area contributed by atoms with E-state index in [2.05, 4.69) is 5.32 Å². The van der Waals surface area contributed by atoms with Crippen molar-refractivity contribution in [1.29, 1.82) is 0 Å². The third-order valence-electron chi connectivity index (χ3n) is 3.18. The molecule has 0 aliphatic carbocycles. The van der Waals surface area contributed by atoms with Crippen LogP contribution in [0.25, 0.3) is 0 Å². The fourth-order valence-corrected chi connectivity index (χ4v) is 2.09. The molecule has 1 aliphatic heterocycles. The number of nitrogens with two attached hydrogens (primary N) is 1. The van der Waals surface area contributed by atoms with Gasteiger partial charge in [0.15, 0.2) is 0 Å². The highest BCUT2D eigenvalue weighted by Gasteiger charge is 2.22. The predicted molar refractivity (Wildman–Crippen MR) is 92.2 cm³/mol. The second-order valence-electron chi connectivity index (χ2n) is 6.38. The molecule has 1 fully saturated rings. The lowest BCUT2D eigenvalue weighted by Crippen LogP contribution is -2.39. The number of hydrogen-bond acceptors (Lipinski definition) is 4. The van der Waals surface area contributed by atoms with Crippen molar-refractivity contribution in [2.24, 2.45) is 0 Å². The van der Waals surface area contributed by atoms with Crippen molar-refractivity contribution in [3.8, 4) is 0 Å². The molecule has 2 rings (SSSR count). The highest BCUT2D eigenvalue weighted by Crippen LogP contribution is 2.15. The van der Waals surface area contributed by atoms with Crippen LogP contribution in [0.3, 0.4) is 0 Å². The Morgan fingerprint density at radius 1 is 1.22 bits per heavy atom. The van der Waals surface area contributed by atoms with Crippen LogP contribution in [0.1, 0.15) is 40.0 Å². The lowest BCUT2D eigenvalue weighted by atomic mass is 10.1. The molecular weight excluding hydrogens is 294 g/mol. The van der Waals surface area contributed by atoms with Crippen LogP contribution in [0.4, 0.5) is 16.2 Å². The Labute approximate surface area is 138 Å². The number of ether oxygens (including phenoxy) is 1. The third-order valence-corrected chi connectivity index (χ3v) is 3.18. The van der Waals surface area contributed by atoms with Gasteiger partial charge in [0.25, 0.3) is 0 Å². The van der Waals surface area contributed by atoms with Crippen molar-refractivity contribution in [2.45, 2.75) is 45.6 Å². The molecule has 0 spiro atoms. The van der Waals surface area contributed by atoms with Crippen molar-refractivity contribution in [3.63, 3.8) is 0 Å². The summed E-state index contributed by atoms with van der Waals surface area (Å²) in [5.41, 5.74) is 6.35. The summed E-state index contributed by atoms with van der Waals surface area (Å²) in [6.07, 6.45) is 3.90. The van der Waals surface area contributed by atoms with Crippen molar-refractivity contribution in [3.05, 3.63) is 24.3 Å². The first kappa shape index (κ1) is 18.8. The number of nitrogens with one attached hydrogen (secondary N) is 1. The van der Waals surface area contributed by atoms with E-state index in [1.807, 2.05) is 32.9 Å². The fourth-order valence-electron chi connectivity index (χ4n) is 2.09. The largest absolute Gasteiger partial charge is 0.444 e. The minimum atomic E-state index is -0.367. The van der Waals surface area contributed by atoms with Crippen LogP contribution in [0.15, 0.2) is 24.3 Å². The summed E-state index contributed by atoms with van der Waals surface area (Å²) < 4.78 is 5.26. The summed E-state index contributed by atoms with van der Waals surface area (Å²) in [5.74, 6) is 0. The van der Waals surface area contributed by atoms with E-state index in [1.54, 1.807) is 17.0 Å². The molecule has 1 aromatic rings. The maximum Gasteiger partial charge on any atom is 0.410 e. The molecule has 0 radical (unpaired) electrons. The highest BCUT2D eigenvalue weighted by molar-refractivity contribution is 5.79. The Bertz CT molecular complexity index is 506. The molecule has 1 saturated heterocycles. The van der Waals surface area contributed by atoms with E-state index in [4.69, 9.17) is 10.5 Å². The summed E-state index contributed by atoms with van der Waals surface area (Å²) in [7, 11) is 0. The average molecular weight is 321 g/mol. The Morgan fingerprint density at radius 2 is 1.83 bits per heavy atom. The SMILES string of the molecule is CC(C)(C)OC(=O)N1CCCCC1.Nc1ccccc1NC=O. The van der Waals surface area contributed by atoms with Crippen molar-refractivity contribution >= 4 is 23.9 Å². The number of carbonyl (C=O) groups is 2. The van der Waals surface area contributed by atoms with Crippen LogP contribution in [0, 0.1) is 0 Å². The van der Waals surface area contributed by atoms with Gasteiger partial charge in [-0.05, 0) is 52.2 Å². The van der Waals surface area contributed by atoms with Gasteiger partial charge in [-0.15, -0.1) is 0 Å². The number of para-hydroxylation sites is 2. The van der Waals surface area contributed by atoms with Crippen LogP contribution >= 0.6 is 0 Å². The monoisotopic (exact) mass is 321 g/mol. The summed E-state index contributed by atoms with van der Waals surface area (Å²) >= 11 is 0. The molecule has 0 atom stereocenters. The van der Waals surface area contributed by atoms with Gasteiger partial charge in [0, 0.05) is 13.1 Å². The predicted octanol–water partition coefficient (Wildman–Crippen LogP) is 3.24. The van der Waals surface area contributed by atoms with Gasteiger partial charge in [-0.3, -0.25) is 4.79 Å². The topological polar surface area (TPSA) is 84.7 Å². The minimum Gasteiger partial charge on any atom is -0.444 e. The number of nitrogens with zero attached hydrogens (tertiary/aromatic N) is 1. The van der Waals surface area contributed by atoms with Gasteiger partial charge >= 0.3 is 6.09 Å². The number of rotatable bonds is 2. The van der Waals surface area contributed by atoms with Crippen molar-refractivity contribution in [2.75, 3.05) is 24.1 Å². The van der Waals surface area contributed by atoms with E-state index in [0.717, 1.165) is 25.9 Å². The van der Waals surface area contributed by atoms with Crippen LogP contribution in [-0.2, 0) is 9.53 Å². The number of carbonyl (C=O) groups excluding carboxylic acids is 2. The zero-order valence-corrected chi connectivity index (χ0v) is 14.2. The van der Waals surface area contributed by atoms with Gasteiger partial charge < -0.3 is 20.7 Å². The van der Waals surface area contributed by atoms with Gasteiger partial charge in [-0.2, -0.15) is 0 Å². The number of anilines is 2. The average Bonchev–Trinajstić information content (AvgIpc) is 2.50. The third kappa shape index (κ3) is 7.54. The van der Waals surface area contributed by atoms with Crippen LogP contribution < -0.4 is 11.1 Å². The number of benzene rings is 1. The highest BCUT2D eigenvalue weighted by atomic mass is 16.6. The zero-order valence-electron chi connectivity index (χ0n) is 14.2. The van der Waals surface area contributed by atoms with E-state index in [0.29, 0.717) is 17.8 Å². The quantitative estimate of drug-likeness (QED) is 0.647. The summed E-state index contributed by atoms with van der Waals surface area (Å²) in [6, 6.07) is 7.09. The molecule has 0 aromatic heterocycles. The maximum absolute atomic E-state index is 11.5. The van der Waals surface area contributed by atoms with Crippen LogP contribution in [0.2, 0.25) is 0 Å². The molecule has 1 aromatic carbocycles. The molecule has 0 unspecified atom stereocenters. The molecular formula is C17H27N3O3. The lowest BCUT2D eigenvalue weighted by Gasteiger charge is -2.29. The molecule has 128 valence electrons. The van der Waals surface area contributed by atoms with E-state index in [1.165, 1.54) is 6.42 Å². The van der Waals surface area contributed by atoms with E-state index in [-0.39, 0.29) is 11.7 Å². The number of likely N-dealkylation sites (tertiary alicyclic amines) is 1. The summed E-state index contributed by atoms with van der Waals surface area (Å²) in [4.78, 5) is 23.3. The Kier molecular flexibility index (Phi) is 7.38. The smallest absolute Gasteiger partial charge is 0.410 e. The maximum atomic E-state index is 11.5. The molecule has 23 heavy (non-hydrogen) atoms. The first-order valence-electron chi connectivity index (χ1n) is 7.86. The van der Waals surface area contributed by atoms with Crippen LogP contribution in [0.5, 0.6) is 0 Å². The zero-order chi connectivity index (χ0) is 17.3. The summed E-state index contributed by atoms with van der Waals surface area (Å²) in [5, 5.41) is 2.47. The second kappa shape index (κ2) is 9.02. The number of hydrogen-bond donors (Lipinski definition) is 2. The number of piperidine rings is 1. The van der Waals surface area contributed by atoms with Gasteiger partial charge in [0.2, 0.25) is 6.41 Å². The standard InChI is InChI=1S/C10H19NO2.C7H8N2O/c1-10(2,3)13-9(12)11-7-5-4-6-8-11;8-6-3-1-2-4-7(6)9-5-10/h4-8H2,1-3H3;1-5H,8H2,(H,9,10). The molecule has 1 aliphatic rings.